The zero-order valence-corrected chi connectivity index (χ0v) is 21.1. The minimum absolute atomic E-state index is 0.110. The molecule has 1 aliphatic rings. The van der Waals surface area contributed by atoms with Crippen LogP contribution in [0.3, 0.4) is 0 Å². The minimum Gasteiger partial charge on any atom is -0.487 e. The van der Waals surface area contributed by atoms with Crippen molar-refractivity contribution in [3.05, 3.63) is 72.8 Å². The lowest BCUT2D eigenvalue weighted by molar-refractivity contribution is 0.0734. The van der Waals surface area contributed by atoms with Crippen LogP contribution in [0.4, 0.5) is 0 Å². The molecule has 1 aliphatic heterocycles. The molecule has 186 valence electrons. The van der Waals surface area contributed by atoms with Gasteiger partial charge >= 0.3 is 0 Å². The van der Waals surface area contributed by atoms with Crippen LogP contribution < -0.4 is 4.74 Å². The number of hydrogen-bond donors (Lipinski definition) is 1. The van der Waals surface area contributed by atoms with Gasteiger partial charge < -0.3 is 9.84 Å². The summed E-state index contributed by atoms with van der Waals surface area (Å²) in [4.78, 5) is 10.5. The quantitative estimate of drug-likeness (QED) is 0.537. The zero-order chi connectivity index (χ0) is 25.0. The molecule has 9 heteroatoms. The molecule has 0 saturated carbocycles. The van der Waals surface area contributed by atoms with Crippen molar-refractivity contribution < 1.29 is 18.3 Å². The van der Waals surface area contributed by atoms with Crippen molar-refractivity contribution in [2.75, 3.05) is 26.7 Å². The Balaban J connectivity index is 1.72. The number of likely N-dealkylation sites (N-methyl/N-ethyl adjacent to an activating group) is 1. The molecule has 3 aromatic rings. The zero-order valence-electron chi connectivity index (χ0n) is 20.3. The fourth-order valence-corrected chi connectivity index (χ4v) is 6.15. The number of fused-ring (bicyclic) bond motifs is 1. The molecule has 0 aliphatic carbocycles. The molecule has 0 unspecified atom stereocenters. The molecule has 4 rings (SSSR count). The summed E-state index contributed by atoms with van der Waals surface area (Å²) in [6.07, 6.45) is 6.71. The van der Waals surface area contributed by atoms with Gasteiger partial charge in [-0.3, -0.25) is 14.9 Å². The molecule has 0 amide bonds. The maximum Gasteiger partial charge on any atom is 0.247 e. The van der Waals surface area contributed by atoms with Crippen molar-refractivity contribution in [1.82, 2.24) is 19.2 Å². The summed E-state index contributed by atoms with van der Waals surface area (Å²) in [5, 5.41) is 9.83. The summed E-state index contributed by atoms with van der Waals surface area (Å²) in [6, 6.07) is 12.3. The Morgan fingerprint density at radius 3 is 2.60 bits per heavy atom. The number of sulfonamides is 1. The van der Waals surface area contributed by atoms with Crippen LogP contribution in [-0.4, -0.2) is 71.6 Å². The third-order valence-electron chi connectivity index (χ3n) is 6.36. The highest BCUT2D eigenvalue weighted by Gasteiger charge is 2.38. The highest BCUT2D eigenvalue weighted by atomic mass is 32.2. The van der Waals surface area contributed by atoms with Crippen molar-refractivity contribution in [2.24, 2.45) is 5.92 Å². The van der Waals surface area contributed by atoms with E-state index in [2.05, 4.69) is 14.9 Å². The second-order valence-electron chi connectivity index (χ2n) is 9.20. The van der Waals surface area contributed by atoms with Crippen LogP contribution in [0, 0.1) is 5.92 Å². The van der Waals surface area contributed by atoms with Gasteiger partial charge in [0.1, 0.15) is 16.7 Å². The van der Waals surface area contributed by atoms with E-state index in [-0.39, 0.29) is 30.1 Å². The van der Waals surface area contributed by atoms with Gasteiger partial charge in [-0.15, -0.1) is 0 Å². The molecule has 3 atom stereocenters. The van der Waals surface area contributed by atoms with Gasteiger partial charge in [-0.05, 0) is 55.4 Å². The summed E-state index contributed by atoms with van der Waals surface area (Å²) in [7, 11) is -1.85. The fourth-order valence-electron chi connectivity index (χ4n) is 4.33. The third-order valence-corrected chi connectivity index (χ3v) is 8.37. The standard InChI is InChI=1S/C26H32N4O4S/c1-19-15-30(20(2)18-31)35(32,33)26-7-6-22(23-5-4-10-28-14-23)13-24(26)34-25(19)17-29(3)16-21-8-11-27-12-9-21/h4-14,19-20,25,31H,15-18H2,1-3H3/t19-,20+,25-/m0/s1. The van der Waals surface area contributed by atoms with Gasteiger partial charge in [0, 0.05) is 61.9 Å². The SMILES string of the molecule is C[C@H](CO)N1C[C@H](C)[C@H](CN(C)Cc2ccncc2)Oc2cc(-c3cccnc3)ccc2S1(=O)=O. The summed E-state index contributed by atoms with van der Waals surface area (Å²) >= 11 is 0. The summed E-state index contributed by atoms with van der Waals surface area (Å²) < 4.78 is 35.2. The van der Waals surface area contributed by atoms with Crippen molar-refractivity contribution in [2.45, 2.75) is 37.4 Å². The minimum atomic E-state index is -3.87. The maximum atomic E-state index is 13.6. The predicted octanol–water partition coefficient (Wildman–Crippen LogP) is 3.04. The Labute approximate surface area is 207 Å². The number of hydrogen-bond acceptors (Lipinski definition) is 7. The van der Waals surface area contributed by atoms with Gasteiger partial charge in [0.05, 0.1) is 6.61 Å². The predicted molar refractivity (Wildman–Crippen MR) is 134 cm³/mol. The first kappa shape index (κ1) is 25.2. The van der Waals surface area contributed by atoms with Crippen LogP contribution >= 0.6 is 0 Å². The van der Waals surface area contributed by atoms with Gasteiger partial charge in [0.2, 0.25) is 10.0 Å². The number of pyridine rings is 2. The topological polar surface area (TPSA) is 95.9 Å². The van der Waals surface area contributed by atoms with Gasteiger partial charge in [0.25, 0.3) is 0 Å². The molecule has 8 nitrogen and oxygen atoms in total. The molecule has 1 N–H and O–H groups in total. The molecular weight excluding hydrogens is 464 g/mol. The number of rotatable bonds is 7. The second-order valence-corrected chi connectivity index (χ2v) is 11.1. The molecule has 0 bridgehead atoms. The van der Waals surface area contributed by atoms with Crippen molar-refractivity contribution in [3.63, 3.8) is 0 Å². The monoisotopic (exact) mass is 496 g/mol. The lowest BCUT2D eigenvalue weighted by atomic mass is 10.0. The Bertz CT molecular complexity index is 1220. The van der Waals surface area contributed by atoms with E-state index in [1.807, 2.05) is 38.2 Å². The van der Waals surface area contributed by atoms with E-state index < -0.39 is 16.1 Å². The molecule has 35 heavy (non-hydrogen) atoms. The Morgan fingerprint density at radius 2 is 1.91 bits per heavy atom. The lowest BCUT2D eigenvalue weighted by Gasteiger charge is -2.37. The molecule has 0 saturated heterocycles. The van der Waals surface area contributed by atoms with Gasteiger partial charge in [0.15, 0.2) is 0 Å². The fraction of sp³-hybridized carbons (Fsp3) is 0.385. The summed E-state index contributed by atoms with van der Waals surface area (Å²) in [6.45, 7) is 5.02. The first-order chi connectivity index (χ1) is 16.8. The molecule has 1 aromatic carbocycles. The number of benzene rings is 1. The van der Waals surface area contributed by atoms with E-state index in [9.17, 15) is 13.5 Å². The molecule has 0 spiro atoms. The van der Waals surface area contributed by atoms with Gasteiger partial charge in [-0.1, -0.05) is 19.1 Å². The third kappa shape index (κ3) is 5.70. The molecule has 3 heterocycles. The van der Waals surface area contributed by atoms with E-state index in [1.54, 1.807) is 49.9 Å². The van der Waals surface area contributed by atoms with Crippen LogP contribution in [0.2, 0.25) is 0 Å². The molecule has 0 fully saturated rings. The largest absolute Gasteiger partial charge is 0.487 e. The van der Waals surface area contributed by atoms with Crippen molar-refractivity contribution in [1.29, 1.82) is 0 Å². The van der Waals surface area contributed by atoms with Crippen LogP contribution in [-0.2, 0) is 16.6 Å². The van der Waals surface area contributed by atoms with E-state index in [0.29, 0.717) is 18.8 Å². The number of nitrogens with zero attached hydrogens (tertiary/aromatic N) is 4. The molecule has 2 aromatic heterocycles. The van der Waals surface area contributed by atoms with E-state index in [4.69, 9.17) is 4.74 Å². The average molecular weight is 497 g/mol. The summed E-state index contributed by atoms with van der Waals surface area (Å²) in [5.41, 5.74) is 2.84. The smallest absolute Gasteiger partial charge is 0.247 e. The van der Waals surface area contributed by atoms with Crippen LogP contribution in [0.15, 0.2) is 72.1 Å². The van der Waals surface area contributed by atoms with E-state index in [0.717, 1.165) is 16.7 Å². The molecule has 0 radical (unpaired) electrons. The summed E-state index contributed by atoms with van der Waals surface area (Å²) in [5.74, 6) is 0.198. The Morgan fingerprint density at radius 1 is 1.14 bits per heavy atom. The Hall–Kier alpha value is -2.85. The van der Waals surface area contributed by atoms with Gasteiger partial charge in [-0.25, -0.2) is 8.42 Å². The van der Waals surface area contributed by atoms with Crippen LogP contribution in [0.5, 0.6) is 5.75 Å². The number of aliphatic hydroxyl groups excluding tert-OH is 1. The van der Waals surface area contributed by atoms with Crippen LogP contribution in [0.1, 0.15) is 19.4 Å². The first-order valence-corrected chi connectivity index (χ1v) is 13.1. The second kappa shape index (κ2) is 10.8. The highest BCUT2D eigenvalue weighted by molar-refractivity contribution is 7.89. The Kier molecular flexibility index (Phi) is 7.81. The normalized spacial score (nSPS) is 20.9. The maximum absolute atomic E-state index is 13.6. The van der Waals surface area contributed by atoms with Crippen molar-refractivity contribution >= 4 is 10.0 Å². The average Bonchev–Trinajstić information content (AvgIpc) is 2.86. The lowest BCUT2D eigenvalue weighted by Crippen LogP contribution is -2.49. The number of aromatic nitrogens is 2. The molecular formula is C26H32N4O4S. The first-order valence-electron chi connectivity index (χ1n) is 11.7. The number of ether oxygens (including phenoxy) is 1. The van der Waals surface area contributed by atoms with Gasteiger partial charge in [-0.2, -0.15) is 4.31 Å². The van der Waals surface area contributed by atoms with E-state index >= 15 is 0 Å². The number of aliphatic hydroxyl groups is 1. The van der Waals surface area contributed by atoms with Crippen molar-refractivity contribution in [3.8, 4) is 16.9 Å². The van der Waals surface area contributed by atoms with Crippen LogP contribution in [0.25, 0.3) is 11.1 Å². The van der Waals surface area contributed by atoms with E-state index in [1.165, 1.54) is 4.31 Å². The highest BCUT2D eigenvalue weighted by Crippen LogP contribution is 2.36.